The summed E-state index contributed by atoms with van der Waals surface area (Å²) in [6, 6.07) is 2.18. The molecule has 0 aliphatic rings. The fourth-order valence-electron chi connectivity index (χ4n) is 2.35. The van der Waals surface area contributed by atoms with Crippen LogP contribution < -0.4 is 0 Å². The average Bonchev–Trinajstić information content (AvgIpc) is 2.51. The molecule has 0 saturated carbocycles. The Hall–Kier alpha value is -0.590. The summed E-state index contributed by atoms with van der Waals surface area (Å²) in [5.41, 5.74) is 0. The summed E-state index contributed by atoms with van der Waals surface area (Å²) >= 11 is 0. The van der Waals surface area contributed by atoms with Crippen LogP contribution in [-0.2, 0) is 9.47 Å². The van der Waals surface area contributed by atoms with Crippen LogP contribution in [0.4, 0.5) is 0 Å². The van der Waals surface area contributed by atoms with Gasteiger partial charge in [-0.1, -0.05) is 58.3 Å². The molecule has 0 amide bonds. The van der Waals surface area contributed by atoms with E-state index >= 15 is 0 Å². The van der Waals surface area contributed by atoms with E-state index < -0.39 is 0 Å². The fourth-order valence-corrected chi connectivity index (χ4v) is 2.35. The largest absolute Gasteiger partial charge is 0.379 e. The summed E-state index contributed by atoms with van der Waals surface area (Å²) < 4.78 is 11.2. The van der Waals surface area contributed by atoms with Gasteiger partial charge in [0.25, 0.3) is 0 Å². The van der Waals surface area contributed by atoms with Gasteiger partial charge < -0.3 is 9.47 Å². The molecule has 3 heteroatoms. The van der Waals surface area contributed by atoms with Crippen LogP contribution in [0.2, 0.25) is 0 Å². The molecule has 21 heavy (non-hydrogen) atoms. The Morgan fingerprint density at radius 3 is 2.10 bits per heavy atom. The van der Waals surface area contributed by atoms with Crippen LogP contribution in [0.15, 0.2) is 0 Å². The summed E-state index contributed by atoms with van der Waals surface area (Å²) in [6.07, 6.45) is 13.4. The van der Waals surface area contributed by atoms with Crippen molar-refractivity contribution in [1.29, 1.82) is 5.26 Å². The first-order valence-corrected chi connectivity index (χ1v) is 8.91. The number of ether oxygens (including phenoxy) is 2. The van der Waals surface area contributed by atoms with Crippen molar-refractivity contribution in [2.45, 2.75) is 90.6 Å². The molecule has 0 aliphatic heterocycles. The maximum atomic E-state index is 8.64. The first-order chi connectivity index (χ1) is 10.3. The number of hydrogen-bond donors (Lipinski definition) is 0. The van der Waals surface area contributed by atoms with Gasteiger partial charge in [0.1, 0.15) is 0 Å². The average molecular weight is 297 g/mol. The second-order valence-corrected chi connectivity index (χ2v) is 5.68. The highest BCUT2D eigenvalue weighted by Crippen LogP contribution is 2.10. The van der Waals surface area contributed by atoms with E-state index in [0.717, 1.165) is 19.4 Å². The Bertz CT molecular complexity index is 238. The zero-order chi connectivity index (χ0) is 15.6. The third kappa shape index (κ3) is 15.6. The van der Waals surface area contributed by atoms with Gasteiger partial charge in [-0.25, -0.2) is 0 Å². The molecule has 0 aromatic carbocycles. The van der Waals surface area contributed by atoms with Crippen molar-refractivity contribution in [2.24, 2.45) is 0 Å². The minimum Gasteiger partial charge on any atom is -0.379 e. The summed E-state index contributed by atoms with van der Waals surface area (Å²) in [5.74, 6) is 0. The highest BCUT2D eigenvalue weighted by atomic mass is 16.5. The van der Waals surface area contributed by atoms with E-state index in [1.165, 1.54) is 51.4 Å². The van der Waals surface area contributed by atoms with Gasteiger partial charge in [-0.05, 0) is 19.8 Å². The molecule has 0 aromatic rings. The van der Waals surface area contributed by atoms with Gasteiger partial charge in [0, 0.05) is 19.6 Å². The van der Waals surface area contributed by atoms with Gasteiger partial charge in [-0.3, -0.25) is 0 Å². The Morgan fingerprint density at radius 1 is 0.905 bits per heavy atom. The lowest BCUT2D eigenvalue weighted by atomic mass is 10.1. The molecule has 0 aliphatic carbocycles. The lowest BCUT2D eigenvalue weighted by molar-refractivity contribution is -0.0180. The van der Waals surface area contributed by atoms with E-state index in [4.69, 9.17) is 14.7 Å². The fraction of sp³-hybridized carbons (Fsp3) is 0.944. The molecule has 124 valence electrons. The van der Waals surface area contributed by atoms with Gasteiger partial charge in [0.05, 0.1) is 18.8 Å². The van der Waals surface area contributed by atoms with Crippen LogP contribution in [0.5, 0.6) is 0 Å². The lowest BCUT2D eigenvalue weighted by Crippen LogP contribution is -2.20. The van der Waals surface area contributed by atoms with Gasteiger partial charge >= 0.3 is 0 Å². The van der Waals surface area contributed by atoms with E-state index in [0.29, 0.717) is 19.6 Å². The predicted molar refractivity (Wildman–Crippen MR) is 88.3 cm³/mol. The molecular weight excluding hydrogens is 262 g/mol. The minimum atomic E-state index is 0.0960. The van der Waals surface area contributed by atoms with Crippen molar-refractivity contribution >= 4 is 0 Å². The van der Waals surface area contributed by atoms with Crippen LogP contribution in [0.25, 0.3) is 0 Å². The Labute approximate surface area is 132 Å². The van der Waals surface area contributed by atoms with Crippen LogP contribution in [0, 0.1) is 11.3 Å². The number of nitriles is 1. The van der Waals surface area contributed by atoms with Gasteiger partial charge in [0.2, 0.25) is 0 Å². The quantitative estimate of drug-likeness (QED) is 0.366. The molecule has 0 bridgehead atoms. The maximum absolute atomic E-state index is 8.64. The Kier molecular flexibility index (Phi) is 17.0. The van der Waals surface area contributed by atoms with Crippen molar-refractivity contribution < 1.29 is 9.47 Å². The molecule has 0 aromatic heterocycles. The zero-order valence-electron chi connectivity index (χ0n) is 14.2. The lowest BCUT2D eigenvalue weighted by Gasteiger charge is -2.16. The maximum Gasteiger partial charge on any atom is 0.0818 e. The molecule has 1 unspecified atom stereocenters. The van der Waals surface area contributed by atoms with E-state index in [1.54, 1.807) is 0 Å². The molecule has 0 saturated heterocycles. The first kappa shape index (κ1) is 20.4. The SMILES string of the molecule is CCCCCCCCCCCOC(CCC#N)COCC. The smallest absolute Gasteiger partial charge is 0.0818 e. The van der Waals surface area contributed by atoms with Crippen LogP contribution in [-0.4, -0.2) is 25.9 Å². The summed E-state index contributed by atoms with van der Waals surface area (Å²) in [5, 5.41) is 8.64. The number of rotatable bonds is 16. The predicted octanol–water partition coefficient (Wildman–Crippen LogP) is 5.24. The molecular formula is C18H35NO2. The number of hydrogen-bond acceptors (Lipinski definition) is 3. The zero-order valence-corrected chi connectivity index (χ0v) is 14.2. The van der Waals surface area contributed by atoms with E-state index in [2.05, 4.69) is 13.0 Å². The van der Waals surface area contributed by atoms with Gasteiger partial charge in [-0.15, -0.1) is 0 Å². The van der Waals surface area contributed by atoms with Crippen molar-refractivity contribution in [3.8, 4) is 6.07 Å². The number of nitrogens with zero attached hydrogens (tertiary/aromatic N) is 1. The second kappa shape index (κ2) is 17.5. The molecule has 0 rings (SSSR count). The molecule has 0 heterocycles. The molecule has 3 nitrogen and oxygen atoms in total. The van der Waals surface area contributed by atoms with E-state index in [-0.39, 0.29) is 6.10 Å². The topological polar surface area (TPSA) is 42.2 Å². The Balaban J connectivity index is 3.38. The minimum absolute atomic E-state index is 0.0960. The Morgan fingerprint density at radius 2 is 1.52 bits per heavy atom. The summed E-state index contributed by atoms with van der Waals surface area (Å²) in [7, 11) is 0. The molecule has 0 fully saturated rings. The van der Waals surface area contributed by atoms with Crippen molar-refractivity contribution in [3.63, 3.8) is 0 Å². The third-order valence-corrected chi connectivity index (χ3v) is 3.69. The second-order valence-electron chi connectivity index (χ2n) is 5.68. The first-order valence-electron chi connectivity index (χ1n) is 8.91. The van der Waals surface area contributed by atoms with E-state index in [1.807, 2.05) is 6.92 Å². The van der Waals surface area contributed by atoms with Crippen LogP contribution >= 0.6 is 0 Å². The highest BCUT2D eigenvalue weighted by Gasteiger charge is 2.08. The van der Waals surface area contributed by atoms with Crippen molar-refractivity contribution in [1.82, 2.24) is 0 Å². The normalized spacial score (nSPS) is 12.2. The monoisotopic (exact) mass is 297 g/mol. The number of unbranched alkanes of at least 4 members (excludes halogenated alkanes) is 8. The molecule has 0 radical (unpaired) electrons. The molecule has 1 atom stereocenters. The molecule has 0 spiro atoms. The standard InChI is InChI=1S/C18H35NO2/c1-3-5-6-7-8-9-10-11-12-16-21-18(14-13-15-19)17-20-4-2/h18H,3-14,16-17H2,1-2H3. The van der Waals surface area contributed by atoms with Crippen LogP contribution in [0.1, 0.15) is 84.5 Å². The summed E-state index contributed by atoms with van der Waals surface area (Å²) in [4.78, 5) is 0. The van der Waals surface area contributed by atoms with Gasteiger partial charge in [-0.2, -0.15) is 5.26 Å². The van der Waals surface area contributed by atoms with Crippen molar-refractivity contribution in [2.75, 3.05) is 19.8 Å². The van der Waals surface area contributed by atoms with Gasteiger partial charge in [0.15, 0.2) is 0 Å². The van der Waals surface area contributed by atoms with Crippen LogP contribution in [0.3, 0.4) is 0 Å². The summed E-state index contributed by atoms with van der Waals surface area (Å²) in [6.45, 7) is 6.39. The van der Waals surface area contributed by atoms with E-state index in [9.17, 15) is 0 Å². The molecule has 0 N–H and O–H groups in total. The highest BCUT2D eigenvalue weighted by molar-refractivity contribution is 4.72. The van der Waals surface area contributed by atoms with Crippen molar-refractivity contribution in [3.05, 3.63) is 0 Å². The third-order valence-electron chi connectivity index (χ3n) is 3.69.